The molecule has 0 saturated carbocycles. The topological polar surface area (TPSA) is 72.0 Å². The van der Waals surface area contributed by atoms with Crippen molar-refractivity contribution < 1.29 is 4.74 Å². The molecule has 0 amide bonds. The SMILES string of the molecule is CNc1nc(NCCCCSC)nc(OC(C)C)n1. The Bertz CT molecular complexity index is 375. The Morgan fingerprint density at radius 3 is 2.53 bits per heavy atom. The van der Waals surface area contributed by atoms with Crippen molar-refractivity contribution in [3.63, 3.8) is 0 Å². The molecule has 0 unspecified atom stereocenters. The van der Waals surface area contributed by atoms with Crippen LogP contribution in [0.5, 0.6) is 6.01 Å². The normalized spacial score (nSPS) is 10.6. The summed E-state index contributed by atoms with van der Waals surface area (Å²) < 4.78 is 5.50. The van der Waals surface area contributed by atoms with Gasteiger partial charge in [0.2, 0.25) is 11.9 Å². The number of ether oxygens (including phenoxy) is 1. The van der Waals surface area contributed by atoms with Gasteiger partial charge in [-0.2, -0.15) is 26.7 Å². The molecule has 108 valence electrons. The third-order valence-corrected chi connectivity index (χ3v) is 2.93. The molecule has 1 rings (SSSR count). The maximum atomic E-state index is 5.50. The molecule has 0 saturated heterocycles. The van der Waals surface area contributed by atoms with Gasteiger partial charge in [0.15, 0.2) is 0 Å². The quantitative estimate of drug-likeness (QED) is 0.674. The summed E-state index contributed by atoms with van der Waals surface area (Å²) in [5.41, 5.74) is 0. The summed E-state index contributed by atoms with van der Waals surface area (Å²) in [5.74, 6) is 2.25. The van der Waals surface area contributed by atoms with E-state index in [0.29, 0.717) is 17.9 Å². The van der Waals surface area contributed by atoms with Crippen LogP contribution in [0.15, 0.2) is 0 Å². The number of rotatable bonds is 9. The van der Waals surface area contributed by atoms with Crippen LogP contribution in [0, 0.1) is 0 Å². The van der Waals surface area contributed by atoms with E-state index in [9.17, 15) is 0 Å². The van der Waals surface area contributed by atoms with E-state index in [2.05, 4.69) is 31.8 Å². The number of nitrogens with zero attached hydrogens (tertiary/aromatic N) is 3. The minimum atomic E-state index is 0.0431. The molecule has 0 spiro atoms. The molecule has 19 heavy (non-hydrogen) atoms. The standard InChI is InChI=1S/C12H23N5OS/c1-9(2)18-12-16-10(13-3)15-11(17-12)14-7-5-6-8-19-4/h9H,5-8H2,1-4H3,(H2,13,14,15,16,17). The molecule has 0 radical (unpaired) electrons. The summed E-state index contributed by atoms with van der Waals surface area (Å²) in [5, 5.41) is 6.11. The van der Waals surface area contributed by atoms with Gasteiger partial charge in [0, 0.05) is 13.6 Å². The van der Waals surface area contributed by atoms with E-state index in [-0.39, 0.29) is 6.10 Å². The highest BCUT2D eigenvalue weighted by Gasteiger charge is 2.07. The molecule has 6 nitrogen and oxygen atoms in total. The van der Waals surface area contributed by atoms with E-state index < -0.39 is 0 Å². The van der Waals surface area contributed by atoms with Crippen LogP contribution in [-0.4, -0.2) is 46.7 Å². The average Bonchev–Trinajstić information content (AvgIpc) is 2.37. The Kier molecular flexibility index (Phi) is 7.32. The van der Waals surface area contributed by atoms with Gasteiger partial charge in [-0.3, -0.25) is 0 Å². The van der Waals surface area contributed by atoms with Gasteiger partial charge in [0.1, 0.15) is 0 Å². The fraction of sp³-hybridized carbons (Fsp3) is 0.750. The zero-order chi connectivity index (χ0) is 14.1. The van der Waals surface area contributed by atoms with Crippen molar-refractivity contribution in [2.75, 3.05) is 36.2 Å². The monoisotopic (exact) mass is 285 g/mol. The van der Waals surface area contributed by atoms with Crippen molar-refractivity contribution in [1.82, 2.24) is 15.0 Å². The smallest absolute Gasteiger partial charge is 0.323 e. The van der Waals surface area contributed by atoms with Gasteiger partial charge >= 0.3 is 6.01 Å². The number of nitrogens with one attached hydrogen (secondary N) is 2. The molecule has 1 aromatic heterocycles. The Labute approximate surface area is 119 Å². The predicted octanol–water partition coefficient (Wildman–Crippen LogP) is 2.26. The number of anilines is 2. The molecule has 0 aromatic carbocycles. The third kappa shape index (κ3) is 6.47. The van der Waals surface area contributed by atoms with Gasteiger partial charge < -0.3 is 15.4 Å². The lowest BCUT2D eigenvalue weighted by atomic mass is 10.3. The number of hydrogen-bond acceptors (Lipinski definition) is 7. The minimum Gasteiger partial charge on any atom is -0.461 e. The van der Waals surface area contributed by atoms with Gasteiger partial charge in [-0.25, -0.2) is 0 Å². The molecular formula is C12H23N5OS. The Balaban J connectivity index is 2.55. The summed E-state index contributed by atoms with van der Waals surface area (Å²) >= 11 is 1.86. The Morgan fingerprint density at radius 1 is 1.16 bits per heavy atom. The van der Waals surface area contributed by atoms with Crippen LogP contribution >= 0.6 is 11.8 Å². The molecular weight excluding hydrogens is 262 g/mol. The van der Waals surface area contributed by atoms with E-state index in [1.165, 1.54) is 12.2 Å². The number of hydrogen-bond donors (Lipinski definition) is 2. The first kappa shape index (κ1) is 15.8. The second-order valence-corrected chi connectivity index (χ2v) is 5.29. The molecule has 1 aromatic rings. The van der Waals surface area contributed by atoms with Gasteiger partial charge in [-0.05, 0) is 38.7 Å². The van der Waals surface area contributed by atoms with Crippen LogP contribution in [0.2, 0.25) is 0 Å². The molecule has 7 heteroatoms. The Hall–Kier alpha value is -1.24. The maximum absolute atomic E-state index is 5.50. The number of aromatic nitrogens is 3. The van der Waals surface area contributed by atoms with E-state index in [1.807, 2.05) is 25.6 Å². The molecule has 0 aliphatic heterocycles. The first-order valence-electron chi connectivity index (χ1n) is 6.49. The molecule has 1 heterocycles. The van der Waals surface area contributed by atoms with Crippen molar-refractivity contribution in [3.8, 4) is 6.01 Å². The number of unbranched alkanes of at least 4 members (excludes halogenated alkanes) is 1. The van der Waals surface area contributed by atoms with Crippen LogP contribution in [0.1, 0.15) is 26.7 Å². The van der Waals surface area contributed by atoms with E-state index >= 15 is 0 Å². The zero-order valence-corrected chi connectivity index (χ0v) is 12.9. The van der Waals surface area contributed by atoms with Crippen molar-refractivity contribution in [3.05, 3.63) is 0 Å². The van der Waals surface area contributed by atoms with Crippen LogP contribution in [-0.2, 0) is 0 Å². The third-order valence-electron chi connectivity index (χ3n) is 2.24. The van der Waals surface area contributed by atoms with Crippen LogP contribution < -0.4 is 15.4 Å². The molecule has 2 N–H and O–H groups in total. The van der Waals surface area contributed by atoms with Gasteiger partial charge in [-0.15, -0.1) is 0 Å². The second-order valence-electron chi connectivity index (χ2n) is 4.31. The van der Waals surface area contributed by atoms with Crippen molar-refractivity contribution in [2.24, 2.45) is 0 Å². The molecule has 0 aliphatic carbocycles. The fourth-order valence-electron chi connectivity index (χ4n) is 1.38. The highest BCUT2D eigenvalue weighted by molar-refractivity contribution is 7.98. The largest absolute Gasteiger partial charge is 0.461 e. The summed E-state index contributed by atoms with van der Waals surface area (Å²) in [4.78, 5) is 12.6. The molecule has 0 bridgehead atoms. The second kappa shape index (κ2) is 8.79. The lowest BCUT2D eigenvalue weighted by Crippen LogP contribution is -2.13. The van der Waals surface area contributed by atoms with Crippen molar-refractivity contribution in [1.29, 1.82) is 0 Å². The zero-order valence-electron chi connectivity index (χ0n) is 12.1. The van der Waals surface area contributed by atoms with Crippen molar-refractivity contribution in [2.45, 2.75) is 32.8 Å². The van der Waals surface area contributed by atoms with Crippen molar-refractivity contribution >= 4 is 23.7 Å². The van der Waals surface area contributed by atoms with Crippen LogP contribution in [0.4, 0.5) is 11.9 Å². The average molecular weight is 285 g/mol. The maximum Gasteiger partial charge on any atom is 0.323 e. The Morgan fingerprint density at radius 2 is 1.89 bits per heavy atom. The molecule has 0 atom stereocenters. The van der Waals surface area contributed by atoms with E-state index in [1.54, 1.807) is 7.05 Å². The minimum absolute atomic E-state index is 0.0431. The lowest BCUT2D eigenvalue weighted by Gasteiger charge is -2.11. The molecule has 0 aliphatic rings. The van der Waals surface area contributed by atoms with Gasteiger partial charge in [-0.1, -0.05) is 0 Å². The van der Waals surface area contributed by atoms with E-state index in [4.69, 9.17) is 4.74 Å². The van der Waals surface area contributed by atoms with E-state index in [0.717, 1.165) is 13.0 Å². The first-order chi connectivity index (χ1) is 9.15. The predicted molar refractivity (Wildman–Crippen MR) is 81.2 cm³/mol. The lowest BCUT2D eigenvalue weighted by molar-refractivity contribution is 0.222. The van der Waals surface area contributed by atoms with Crippen LogP contribution in [0.25, 0.3) is 0 Å². The highest BCUT2D eigenvalue weighted by atomic mass is 32.2. The first-order valence-corrected chi connectivity index (χ1v) is 7.88. The summed E-state index contributed by atoms with van der Waals surface area (Å²) in [6, 6.07) is 0.348. The van der Waals surface area contributed by atoms with Gasteiger partial charge in [0.05, 0.1) is 6.10 Å². The summed E-state index contributed by atoms with van der Waals surface area (Å²) in [7, 11) is 1.77. The highest BCUT2D eigenvalue weighted by Crippen LogP contribution is 2.12. The fourth-order valence-corrected chi connectivity index (χ4v) is 1.88. The summed E-state index contributed by atoms with van der Waals surface area (Å²) in [6.45, 7) is 4.74. The van der Waals surface area contributed by atoms with Gasteiger partial charge in [0.25, 0.3) is 0 Å². The summed E-state index contributed by atoms with van der Waals surface area (Å²) in [6.07, 6.45) is 4.45. The van der Waals surface area contributed by atoms with Crippen LogP contribution in [0.3, 0.4) is 0 Å². The molecule has 0 fully saturated rings. The number of thioether (sulfide) groups is 1.